The molecule has 0 aliphatic rings. The summed E-state index contributed by atoms with van der Waals surface area (Å²) in [6, 6.07) is 19.4. The Morgan fingerprint density at radius 2 is 1.85 bits per heavy atom. The fraction of sp³-hybridized carbons (Fsp3) is 0.115. The summed E-state index contributed by atoms with van der Waals surface area (Å²) in [6.45, 7) is 0.625. The number of para-hydroxylation sites is 2. The highest BCUT2D eigenvalue weighted by molar-refractivity contribution is 7.07. The minimum atomic E-state index is -0.689. The van der Waals surface area contributed by atoms with Gasteiger partial charge in [-0.05, 0) is 42.3 Å². The van der Waals surface area contributed by atoms with Gasteiger partial charge in [-0.15, -0.1) is 11.3 Å². The van der Waals surface area contributed by atoms with Crippen molar-refractivity contribution in [3.05, 3.63) is 100 Å². The van der Waals surface area contributed by atoms with Crippen molar-refractivity contribution >= 4 is 27.9 Å². The quantitative estimate of drug-likeness (QED) is 0.310. The highest BCUT2D eigenvalue weighted by Gasteiger charge is 2.14. The van der Waals surface area contributed by atoms with Gasteiger partial charge in [0.15, 0.2) is 10.6 Å². The Morgan fingerprint density at radius 3 is 2.70 bits per heavy atom. The first-order valence-corrected chi connectivity index (χ1v) is 11.4. The molecule has 33 heavy (non-hydrogen) atoms. The second kappa shape index (κ2) is 9.03. The van der Waals surface area contributed by atoms with Gasteiger partial charge in [0.05, 0.1) is 12.8 Å². The molecule has 0 bridgehead atoms. The molecule has 0 fully saturated rings. The van der Waals surface area contributed by atoms with Crippen molar-refractivity contribution in [1.82, 2.24) is 9.55 Å². The fourth-order valence-electron chi connectivity index (χ4n) is 3.95. The molecule has 3 aromatic carbocycles. The topological polar surface area (TPSA) is 42.3 Å². The Labute approximate surface area is 193 Å². The summed E-state index contributed by atoms with van der Waals surface area (Å²) >= 11 is 1.41. The van der Waals surface area contributed by atoms with Crippen molar-refractivity contribution in [1.29, 1.82) is 0 Å². The molecular weight excluding hydrogens is 440 g/mol. The fourth-order valence-corrected chi connectivity index (χ4v) is 4.89. The maximum atomic E-state index is 14.3. The molecule has 2 aromatic heterocycles. The number of ether oxygens (including phenoxy) is 1. The molecule has 5 aromatic rings. The van der Waals surface area contributed by atoms with Gasteiger partial charge in [0, 0.05) is 40.7 Å². The van der Waals surface area contributed by atoms with Gasteiger partial charge in [-0.3, -0.25) is 0 Å². The summed E-state index contributed by atoms with van der Waals surface area (Å²) < 4.78 is 35.4. The van der Waals surface area contributed by atoms with Crippen molar-refractivity contribution < 1.29 is 13.5 Å². The molecule has 2 heterocycles. The Morgan fingerprint density at radius 1 is 1.03 bits per heavy atom. The van der Waals surface area contributed by atoms with Gasteiger partial charge in [0.25, 0.3) is 0 Å². The van der Waals surface area contributed by atoms with Crippen molar-refractivity contribution in [2.75, 3.05) is 7.11 Å². The van der Waals surface area contributed by atoms with Crippen LogP contribution in [0.15, 0.2) is 83.3 Å². The van der Waals surface area contributed by atoms with Crippen LogP contribution in [0.2, 0.25) is 0 Å². The molecule has 0 saturated heterocycles. The zero-order valence-corrected chi connectivity index (χ0v) is 18.7. The number of rotatable bonds is 6. The molecule has 0 aliphatic heterocycles. The van der Waals surface area contributed by atoms with Crippen LogP contribution >= 0.6 is 11.3 Å². The Bertz CT molecular complexity index is 1500. The number of nitrogens with zero attached hydrogens (tertiary/aromatic N) is 2. The number of H-pyrrole nitrogens is 1. The van der Waals surface area contributed by atoms with Crippen LogP contribution in [0.5, 0.6) is 5.75 Å². The van der Waals surface area contributed by atoms with Crippen molar-refractivity contribution in [3.8, 4) is 17.0 Å². The molecule has 0 radical (unpaired) electrons. The van der Waals surface area contributed by atoms with E-state index in [9.17, 15) is 8.78 Å². The van der Waals surface area contributed by atoms with E-state index in [1.165, 1.54) is 34.4 Å². The summed E-state index contributed by atoms with van der Waals surface area (Å²) in [5.74, 6) is -0.569. The molecule has 166 valence electrons. The van der Waals surface area contributed by atoms with E-state index in [0.717, 1.165) is 35.0 Å². The normalized spacial score (nSPS) is 11.9. The van der Waals surface area contributed by atoms with E-state index in [2.05, 4.69) is 26.7 Å². The Hall–Kier alpha value is -3.71. The number of benzene rings is 3. The van der Waals surface area contributed by atoms with Crippen LogP contribution in [0.1, 0.15) is 5.56 Å². The summed E-state index contributed by atoms with van der Waals surface area (Å²) in [7, 11) is 1.64. The number of hydrogen-bond acceptors (Lipinski definition) is 3. The van der Waals surface area contributed by atoms with Crippen LogP contribution in [0.3, 0.4) is 0 Å². The van der Waals surface area contributed by atoms with E-state index in [4.69, 9.17) is 4.74 Å². The Balaban J connectivity index is 1.61. The number of hydrogen-bond donors (Lipinski definition) is 1. The van der Waals surface area contributed by atoms with E-state index in [-0.39, 0.29) is 5.69 Å². The number of aromatic nitrogens is 2. The summed E-state index contributed by atoms with van der Waals surface area (Å²) in [5.41, 5.74) is 4.24. The van der Waals surface area contributed by atoms with Crippen molar-refractivity contribution in [3.63, 3.8) is 0 Å². The minimum absolute atomic E-state index is 0.102. The van der Waals surface area contributed by atoms with Gasteiger partial charge in [-0.1, -0.05) is 30.3 Å². The number of aryl methyl sites for hydroxylation is 1. The monoisotopic (exact) mass is 461 g/mol. The van der Waals surface area contributed by atoms with E-state index < -0.39 is 11.6 Å². The van der Waals surface area contributed by atoms with E-state index in [0.29, 0.717) is 11.3 Å². The highest BCUT2D eigenvalue weighted by atomic mass is 32.1. The highest BCUT2D eigenvalue weighted by Crippen LogP contribution is 2.31. The summed E-state index contributed by atoms with van der Waals surface area (Å²) in [4.78, 5) is 8.48. The summed E-state index contributed by atoms with van der Waals surface area (Å²) in [5, 5.41) is 3.17. The molecule has 1 N–H and O–H groups in total. The van der Waals surface area contributed by atoms with Crippen LogP contribution in [-0.4, -0.2) is 16.7 Å². The molecule has 0 amide bonds. The number of methoxy groups -OCH3 is 1. The maximum absolute atomic E-state index is 14.3. The molecule has 4 nitrogen and oxygen atoms in total. The van der Waals surface area contributed by atoms with Crippen LogP contribution < -0.4 is 9.54 Å². The smallest absolute Gasteiger partial charge is 0.190 e. The molecule has 5 rings (SSSR count). The standard InChI is InChI=1S/C26H21F2N3OS/c1-32-25-9-5-3-7-20(25)24-16-33-26(30-23-11-10-18(27)14-21(23)28)31(24)13-12-17-15-29-22-8-4-2-6-19(17)22/h2-11,14-16,29H,12-13H2,1H3. The van der Waals surface area contributed by atoms with Gasteiger partial charge in [-0.25, -0.2) is 13.8 Å². The zero-order chi connectivity index (χ0) is 22.8. The van der Waals surface area contributed by atoms with Crippen molar-refractivity contribution in [2.45, 2.75) is 13.0 Å². The van der Waals surface area contributed by atoms with E-state index >= 15 is 0 Å². The molecule has 0 spiro atoms. The number of halogens is 2. The maximum Gasteiger partial charge on any atom is 0.190 e. The van der Waals surface area contributed by atoms with Gasteiger partial charge >= 0.3 is 0 Å². The number of thiazole rings is 1. The van der Waals surface area contributed by atoms with Gasteiger partial charge < -0.3 is 14.3 Å². The molecule has 0 unspecified atom stereocenters. The average Bonchev–Trinajstić information content (AvgIpc) is 3.43. The zero-order valence-electron chi connectivity index (χ0n) is 17.9. The number of aromatic amines is 1. The second-order valence-corrected chi connectivity index (χ2v) is 8.41. The van der Waals surface area contributed by atoms with Gasteiger partial charge in [0.2, 0.25) is 0 Å². The van der Waals surface area contributed by atoms with Crippen LogP contribution in [0, 0.1) is 11.6 Å². The first-order chi connectivity index (χ1) is 16.1. The minimum Gasteiger partial charge on any atom is -0.496 e. The van der Waals surface area contributed by atoms with Crippen molar-refractivity contribution in [2.24, 2.45) is 4.99 Å². The molecule has 0 aliphatic carbocycles. The number of nitrogens with one attached hydrogen (secondary N) is 1. The molecule has 0 atom stereocenters. The third-order valence-electron chi connectivity index (χ3n) is 5.59. The lowest BCUT2D eigenvalue weighted by Gasteiger charge is -2.12. The molecule has 7 heteroatoms. The van der Waals surface area contributed by atoms with Crippen LogP contribution in [0.25, 0.3) is 22.2 Å². The van der Waals surface area contributed by atoms with E-state index in [1.54, 1.807) is 7.11 Å². The van der Waals surface area contributed by atoms with E-state index in [1.807, 2.05) is 48.0 Å². The average molecular weight is 462 g/mol. The lowest BCUT2D eigenvalue weighted by molar-refractivity contribution is 0.416. The first-order valence-electron chi connectivity index (χ1n) is 10.5. The number of fused-ring (bicyclic) bond motifs is 1. The molecular formula is C26H21F2N3OS. The van der Waals surface area contributed by atoms with Gasteiger partial charge in [0.1, 0.15) is 17.3 Å². The lowest BCUT2D eigenvalue weighted by Crippen LogP contribution is -2.17. The molecule has 0 saturated carbocycles. The van der Waals surface area contributed by atoms with Gasteiger partial charge in [-0.2, -0.15) is 0 Å². The Kier molecular flexibility index (Phi) is 5.79. The SMILES string of the molecule is COc1ccccc1-c1csc(=Nc2ccc(F)cc2F)n1CCc1c[nH]c2ccccc12. The largest absolute Gasteiger partial charge is 0.496 e. The predicted molar refractivity (Wildman–Crippen MR) is 128 cm³/mol. The first kappa shape index (κ1) is 21.2. The van der Waals surface area contributed by atoms with Crippen LogP contribution in [-0.2, 0) is 13.0 Å². The third-order valence-corrected chi connectivity index (χ3v) is 6.45. The summed E-state index contributed by atoms with van der Waals surface area (Å²) in [6.07, 6.45) is 2.78. The predicted octanol–water partition coefficient (Wildman–Crippen LogP) is 6.46. The lowest BCUT2D eigenvalue weighted by atomic mass is 10.1. The third kappa shape index (κ3) is 4.19. The van der Waals surface area contributed by atoms with Crippen LogP contribution in [0.4, 0.5) is 14.5 Å². The second-order valence-electron chi connectivity index (χ2n) is 7.57.